The molecule has 0 spiro atoms. The summed E-state index contributed by atoms with van der Waals surface area (Å²) in [5.74, 6) is 0.903. The zero-order chi connectivity index (χ0) is 18.6. The minimum Gasteiger partial charge on any atom is -0.404 e. The third-order valence-corrected chi connectivity index (χ3v) is 4.13. The van der Waals surface area contributed by atoms with Gasteiger partial charge < -0.3 is 21.8 Å². The quantitative estimate of drug-likeness (QED) is 0.250. The fourth-order valence-electron chi connectivity index (χ4n) is 2.33. The van der Waals surface area contributed by atoms with E-state index in [1.54, 1.807) is 12.4 Å². The van der Waals surface area contributed by atoms with E-state index >= 15 is 0 Å². The largest absolute Gasteiger partial charge is 0.404 e. The Labute approximate surface area is 158 Å². The second-order valence-corrected chi connectivity index (χ2v) is 6.19. The number of aromatic nitrogens is 1. The lowest BCUT2D eigenvalue weighted by Crippen LogP contribution is -2.17. The van der Waals surface area contributed by atoms with E-state index in [9.17, 15) is 0 Å². The van der Waals surface area contributed by atoms with Crippen molar-refractivity contribution in [3.63, 3.8) is 0 Å². The van der Waals surface area contributed by atoms with Crippen molar-refractivity contribution >= 4 is 35.5 Å². The van der Waals surface area contributed by atoms with E-state index in [0.717, 1.165) is 35.7 Å². The van der Waals surface area contributed by atoms with Crippen LogP contribution in [0.1, 0.15) is 16.7 Å². The van der Waals surface area contributed by atoms with E-state index in [-0.39, 0.29) is 0 Å². The van der Waals surface area contributed by atoms with Crippen LogP contribution in [0.2, 0.25) is 0 Å². The number of benzene rings is 1. The maximum Gasteiger partial charge on any atom is 0.0379 e. The van der Waals surface area contributed by atoms with E-state index in [0.29, 0.717) is 5.57 Å². The molecule has 0 radical (unpaired) electrons. The van der Waals surface area contributed by atoms with E-state index in [4.69, 9.17) is 16.3 Å². The number of hydrogen-bond acceptors (Lipinski definition) is 7. The van der Waals surface area contributed by atoms with Gasteiger partial charge in [0.25, 0.3) is 0 Å². The average molecular weight is 369 g/mol. The molecule has 2 rings (SSSR count). The zero-order valence-electron chi connectivity index (χ0n) is 14.5. The first-order valence-electron chi connectivity index (χ1n) is 8.19. The highest BCUT2D eigenvalue weighted by molar-refractivity contribution is 7.97. The maximum atomic E-state index is 7.45. The molecule has 0 unspecified atom stereocenters. The van der Waals surface area contributed by atoms with Crippen molar-refractivity contribution in [2.24, 2.45) is 10.9 Å². The number of allylic oxidation sites excluding steroid dienone is 1. The zero-order valence-corrected chi connectivity index (χ0v) is 15.3. The summed E-state index contributed by atoms with van der Waals surface area (Å²) in [5, 5.41) is 19.4. The molecule has 26 heavy (non-hydrogen) atoms. The summed E-state index contributed by atoms with van der Waals surface area (Å²) in [4.78, 5) is 4.14. The van der Waals surface area contributed by atoms with Crippen molar-refractivity contribution in [3.05, 3.63) is 71.8 Å². The van der Waals surface area contributed by atoms with Gasteiger partial charge in [-0.1, -0.05) is 24.1 Å². The standard InChI is InChI=1S/C19H24N6S/c20-11-17(12-21)19-6-7-23-14-16(19)5-8-25-18-3-1-15(2-4-18)13-24-9-10-26-22/h1-8,11-12,14,20,24-25H,9-10,13,21-22H2/b8-5+,17-12+,20-11?. The Bertz CT molecular complexity index is 755. The van der Waals surface area contributed by atoms with E-state index in [2.05, 4.69) is 27.8 Å². The molecule has 0 saturated carbocycles. The van der Waals surface area contributed by atoms with Gasteiger partial charge >= 0.3 is 0 Å². The van der Waals surface area contributed by atoms with Crippen LogP contribution in [-0.2, 0) is 6.54 Å². The van der Waals surface area contributed by atoms with Crippen LogP contribution < -0.4 is 21.5 Å². The summed E-state index contributed by atoms with van der Waals surface area (Å²) in [7, 11) is 0. The third-order valence-electron chi connectivity index (χ3n) is 3.69. The van der Waals surface area contributed by atoms with Crippen molar-refractivity contribution in [2.45, 2.75) is 6.54 Å². The highest BCUT2D eigenvalue weighted by atomic mass is 32.2. The van der Waals surface area contributed by atoms with Crippen molar-refractivity contribution in [3.8, 4) is 0 Å². The molecule has 0 saturated heterocycles. The highest BCUT2D eigenvalue weighted by Crippen LogP contribution is 2.17. The molecule has 1 aromatic carbocycles. The number of nitrogens with zero attached hydrogens (tertiary/aromatic N) is 1. The second kappa shape index (κ2) is 11.1. The molecule has 7 N–H and O–H groups in total. The van der Waals surface area contributed by atoms with Crippen LogP contribution in [0.5, 0.6) is 0 Å². The highest BCUT2D eigenvalue weighted by Gasteiger charge is 2.03. The van der Waals surface area contributed by atoms with E-state index in [1.807, 2.05) is 30.5 Å². The summed E-state index contributed by atoms with van der Waals surface area (Å²) in [5.41, 5.74) is 10.2. The molecular weight excluding hydrogens is 344 g/mol. The van der Waals surface area contributed by atoms with Crippen LogP contribution in [0.3, 0.4) is 0 Å². The van der Waals surface area contributed by atoms with E-state index < -0.39 is 0 Å². The number of hydrogen-bond donors (Lipinski definition) is 5. The lowest BCUT2D eigenvalue weighted by Gasteiger charge is -2.07. The molecule has 6 nitrogen and oxygen atoms in total. The van der Waals surface area contributed by atoms with Gasteiger partial charge in [0.1, 0.15) is 0 Å². The first-order chi connectivity index (χ1) is 12.8. The predicted molar refractivity (Wildman–Crippen MR) is 113 cm³/mol. The van der Waals surface area contributed by atoms with Gasteiger partial charge in [0.05, 0.1) is 0 Å². The molecule has 0 atom stereocenters. The summed E-state index contributed by atoms with van der Waals surface area (Å²) >= 11 is 1.34. The fraction of sp³-hybridized carbons (Fsp3) is 0.158. The molecular formula is C19H24N6S. The molecule has 2 aromatic rings. The predicted octanol–water partition coefficient (Wildman–Crippen LogP) is 2.81. The van der Waals surface area contributed by atoms with Crippen molar-refractivity contribution < 1.29 is 0 Å². The second-order valence-electron chi connectivity index (χ2n) is 5.45. The van der Waals surface area contributed by atoms with Crippen LogP contribution in [0.4, 0.5) is 5.69 Å². The van der Waals surface area contributed by atoms with E-state index in [1.165, 1.54) is 29.9 Å². The van der Waals surface area contributed by atoms with Crippen LogP contribution in [0, 0.1) is 5.41 Å². The van der Waals surface area contributed by atoms with Crippen LogP contribution in [0.25, 0.3) is 11.6 Å². The molecule has 0 aliphatic heterocycles. The number of nitrogens with two attached hydrogens (primary N) is 2. The summed E-state index contributed by atoms with van der Waals surface area (Å²) < 4.78 is 0. The Morgan fingerprint density at radius 1 is 1.23 bits per heavy atom. The first-order valence-corrected chi connectivity index (χ1v) is 9.24. The van der Waals surface area contributed by atoms with Crippen LogP contribution in [-0.4, -0.2) is 23.5 Å². The van der Waals surface area contributed by atoms with Crippen molar-refractivity contribution in [2.75, 3.05) is 17.6 Å². The Kier molecular flexibility index (Phi) is 8.41. The summed E-state index contributed by atoms with van der Waals surface area (Å²) in [6.45, 7) is 1.72. The Morgan fingerprint density at radius 2 is 2.04 bits per heavy atom. The number of pyridine rings is 1. The number of rotatable bonds is 10. The lowest BCUT2D eigenvalue weighted by molar-refractivity contribution is 0.732. The smallest absolute Gasteiger partial charge is 0.0379 e. The van der Waals surface area contributed by atoms with Gasteiger partial charge in [-0.2, -0.15) is 0 Å². The molecule has 7 heteroatoms. The minimum atomic E-state index is 0.650. The topological polar surface area (TPSA) is 113 Å². The maximum absolute atomic E-state index is 7.45. The average Bonchev–Trinajstić information content (AvgIpc) is 2.68. The Hall–Kier alpha value is -2.61. The first kappa shape index (κ1) is 19.7. The SMILES string of the molecule is N=C/C(=C\N)c1ccncc1/C=C/Nc1ccc(CNCCSN)cc1. The van der Waals surface area contributed by atoms with Crippen LogP contribution in [0.15, 0.2) is 55.1 Å². The van der Waals surface area contributed by atoms with Gasteiger partial charge in [0.15, 0.2) is 0 Å². The van der Waals surface area contributed by atoms with Crippen molar-refractivity contribution in [1.82, 2.24) is 10.3 Å². The number of anilines is 1. The molecule has 0 bridgehead atoms. The molecule has 0 fully saturated rings. The molecule has 1 aromatic heterocycles. The van der Waals surface area contributed by atoms with Gasteiger partial charge in [-0.15, -0.1) is 0 Å². The molecule has 1 heterocycles. The van der Waals surface area contributed by atoms with Gasteiger partial charge in [-0.05, 0) is 35.4 Å². The fourth-order valence-corrected chi connectivity index (χ4v) is 2.59. The molecule has 0 amide bonds. The van der Waals surface area contributed by atoms with Crippen LogP contribution >= 0.6 is 11.9 Å². The molecule has 136 valence electrons. The van der Waals surface area contributed by atoms with Crippen molar-refractivity contribution in [1.29, 1.82) is 5.41 Å². The van der Waals surface area contributed by atoms with Gasteiger partial charge in [0.2, 0.25) is 0 Å². The normalized spacial score (nSPS) is 11.7. The summed E-state index contributed by atoms with van der Waals surface area (Å²) in [6.07, 6.45) is 9.85. The monoisotopic (exact) mass is 368 g/mol. The van der Waals surface area contributed by atoms with Gasteiger partial charge in [0, 0.05) is 66.7 Å². The lowest BCUT2D eigenvalue weighted by atomic mass is 10.0. The molecule has 0 aliphatic rings. The Morgan fingerprint density at radius 3 is 2.73 bits per heavy atom. The minimum absolute atomic E-state index is 0.650. The van der Waals surface area contributed by atoms with Gasteiger partial charge in [-0.25, -0.2) is 0 Å². The summed E-state index contributed by atoms with van der Waals surface area (Å²) in [6, 6.07) is 10.1. The van der Waals surface area contributed by atoms with Gasteiger partial charge in [-0.3, -0.25) is 10.1 Å². The third kappa shape index (κ3) is 6.03. The molecule has 0 aliphatic carbocycles. The Balaban J connectivity index is 1.96. The number of nitrogens with one attached hydrogen (secondary N) is 3.